The minimum absolute atomic E-state index is 0. The Hall–Kier alpha value is -1.03. The van der Waals surface area contributed by atoms with Crippen LogP contribution in [0.2, 0.25) is 0 Å². The first-order valence-electron chi connectivity index (χ1n) is 8.02. The van der Waals surface area contributed by atoms with Crippen LogP contribution in [0.4, 0.5) is 13.2 Å². The van der Waals surface area contributed by atoms with Crippen molar-refractivity contribution in [2.75, 3.05) is 33.9 Å². The van der Waals surface area contributed by atoms with E-state index in [1.807, 2.05) is 0 Å². The first-order valence-corrected chi connectivity index (χ1v) is 8.02. The number of alkyl halides is 3. The molecule has 2 rings (SSSR count). The highest BCUT2D eigenvalue weighted by Crippen LogP contribution is 2.48. The Kier molecular flexibility index (Phi) is 8.46. The molecule has 1 aromatic carbocycles. The van der Waals surface area contributed by atoms with Crippen LogP contribution in [-0.4, -0.2) is 39.8 Å². The van der Waals surface area contributed by atoms with Gasteiger partial charge >= 0.3 is 6.18 Å². The quantitative estimate of drug-likeness (QED) is 0.277. The molecule has 0 heterocycles. The summed E-state index contributed by atoms with van der Waals surface area (Å²) in [6, 6.07) is 5.64. The minimum atomic E-state index is -4.31. The van der Waals surface area contributed by atoms with Crippen molar-refractivity contribution in [3.63, 3.8) is 0 Å². The monoisotopic (exact) mass is 471 g/mol. The molecule has 1 saturated carbocycles. The predicted molar refractivity (Wildman–Crippen MR) is 104 cm³/mol. The van der Waals surface area contributed by atoms with Crippen LogP contribution in [0.3, 0.4) is 0 Å². The molecule has 8 heteroatoms. The Bertz CT molecular complexity index is 575. The molecule has 0 amide bonds. The van der Waals surface area contributed by atoms with Crippen molar-refractivity contribution in [3.8, 4) is 0 Å². The van der Waals surface area contributed by atoms with Gasteiger partial charge in [0, 0.05) is 39.3 Å². The lowest BCUT2D eigenvalue weighted by molar-refractivity contribution is -0.137. The number of hydrogen-bond acceptors (Lipinski definition) is 2. The second-order valence-corrected chi connectivity index (χ2v) is 6.06. The summed E-state index contributed by atoms with van der Waals surface area (Å²) in [5, 5.41) is 6.39. The highest BCUT2D eigenvalue weighted by atomic mass is 127. The largest absolute Gasteiger partial charge is 0.416 e. The molecule has 1 fully saturated rings. The minimum Gasteiger partial charge on any atom is -0.385 e. The van der Waals surface area contributed by atoms with Crippen molar-refractivity contribution in [1.29, 1.82) is 0 Å². The molecule has 0 bridgehead atoms. The van der Waals surface area contributed by atoms with Gasteiger partial charge in [-0.25, -0.2) is 0 Å². The maximum atomic E-state index is 12.9. The number of aliphatic imine (C=N–C) groups is 1. The summed E-state index contributed by atoms with van der Waals surface area (Å²) in [5.74, 6) is 0.657. The van der Waals surface area contributed by atoms with E-state index in [1.54, 1.807) is 20.2 Å². The number of guanidine groups is 1. The van der Waals surface area contributed by atoms with Gasteiger partial charge in [-0.05, 0) is 30.9 Å². The van der Waals surface area contributed by atoms with Gasteiger partial charge in [0.05, 0.1) is 5.56 Å². The van der Waals surface area contributed by atoms with E-state index in [9.17, 15) is 13.2 Å². The van der Waals surface area contributed by atoms with E-state index < -0.39 is 11.7 Å². The highest BCUT2D eigenvalue weighted by molar-refractivity contribution is 14.0. The first-order chi connectivity index (χ1) is 11.4. The summed E-state index contributed by atoms with van der Waals surface area (Å²) in [5.41, 5.74) is -0.0844. The fourth-order valence-corrected chi connectivity index (χ4v) is 2.64. The molecule has 0 spiro atoms. The van der Waals surface area contributed by atoms with E-state index in [2.05, 4.69) is 15.6 Å². The van der Waals surface area contributed by atoms with Gasteiger partial charge in [0.1, 0.15) is 0 Å². The van der Waals surface area contributed by atoms with Crippen LogP contribution in [0.1, 0.15) is 30.4 Å². The lowest BCUT2D eigenvalue weighted by Crippen LogP contribution is -2.41. The van der Waals surface area contributed by atoms with Crippen molar-refractivity contribution in [3.05, 3.63) is 35.4 Å². The summed E-state index contributed by atoms with van der Waals surface area (Å²) in [6.45, 7) is 1.96. The first kappa shape index (κ1) is 22.0. The summed E-state index contributed by atoms with van der Waals surface area (Å²) in [7, 11) is 3.33. The molecule has 0 unspecified atom stereocenters. The van der Waals surface area contributed by atoms with E-state index in [1.165, 1.54) is 12.1 Å². The number of nitrogens with one attached hydrogen (secondary N) is 2. The van der Waals surface area contributed by atoms with E-state index in [0.29, 0.717) is 19.1 Å². The number of ether oxygens (including phenoxy) is 1. The molecular formula is C17H25F3IN3O. The number of nitrogens with zero attached hydrogens (tertiary/aromatic N) is 1. The van der Waals surface area contributed by atoms with Crippen molar-refractivity contribution in [1.82, 2.24) is 10.6 Å². The Morgan fingerprint density at radius 1 is 1.28 bits per heavy atom. The molecule has 1 aromatic rings. The van der Waals surface area contributed by atoms with Crippen LogP contribution in [-0.2, 0) is 16.3 Å². The molecule has 0 aromatic heterocycles. The van der Waals surface area contributed by atoms with Crippen LogP contribution in [0.25, 0.3) is 0 Å². The SMILES string of the molecule is CN=C(NCCCOC)NCC1(c2cccc(C(F)(F)F)c2)CC1.I. The number of rotatable bonds is 7. The molecule has 0 atom stereocenters. The fraction of sp³-hybridized carbons (Fsp3) is 0.588. The molecule has 0 radical (unpaired) electrons. The second kappa shape index (κ2) is 9.61. The lowest BCUT2D eigenvalue weighted by Gasteiger charge is -2.20. The van der Waals surface area contributed by atoms with Crippen LogP contribution >= 0.6 is 24.0 Å². The molecule has 25 heavy (non-hydrogen) atoms. The van der Waals surface area contributed by atoms with Crippen molar-refractivity contribution >= 4 is 29.9 Å². The fourth-order valence-electron chi connectivity index (χ4n) is 2.64. The van der Waals surface area contributed by atoms with E-state index >= 15 is 0 Å². The number of benzene rings is 1. The van der Waals surface area contributed by atoms with E-state index in [0.717, 1.165) is 37.4 Å². The third kappa shape index (κ3) is 6.32. The molecule has 2 N–H and O–H groups in total. The molecule has 0 aliphatic heterocycles. The highest BCUT2D eigenvalue weighted by Gasteiger charge is 2.45. The summed E-state index contributed by atoms with van der Waals surface area (Å²) >= 11 is 0. The van der Waals surface area contributed by atoms with Gasteiger partial charge in [-0.2, -0.15) is 13.2 Å². The Labute approximate surface area is 163 Å². The van der Waals surface area contributed by atoms with Crippen molar-refractivity contribution in [2.45, 2.75) is 30.9 Å². The zero-order chi connectivity index (χ0) is 17.6. The van der Waals surface area contributed by atoms with Crippen molar-refractivity contribution in [2.24, 2.45) is 4.99 Å². The average molecular weight is 471 g/mol. The zero-order valence-electron chi connectivity index (χ0n) is 14.4. The summed E-state index contributed by atoms with van der Waals surface area (Å²) < 4.78 is 43.7. The molecule has 1 aliphatic carbocycles. The normalized spacial score (nSPS) is 16.1. The van der Waals surface area contributed by atoms with Crippen molar-refractivity contribution < 1.29 is 17.9 Å². The number of methoxy groups -OCH3 is 1. The van der Waals surface area contributed by atoms with Gasteiger partial charge in [-0.3, -0.25) is 4.99 Å². The molecular weight excluding hydrogens is 446 g/mol. The Balaban J connectivity index is 0.00000312. The third-order valence-electron chi connectivity index (χ3n) is 4.29. The topological polar surface area (TPSA) is 45.7 Å². The number of halogens is 4. The van der Waals surface area contributed by atoms with Crippen LogP contribution in [0.5, 0.6) is 0 Å². The van der Waals surface area contributed by atoms with Gasteiger partial charge in [0.2, 0.25) is 0 Å². The standard InChI is InChI=1S/C17H24F3N3O.HI/c1-21-15(22-9-4-10-24-2)23-12-16(7-8-16)13-5-3-6-14(11-13)17(18,19)20;/h3,5-6,11H,4,7-10,12H2,1-2H3,(H2,21,22,23);1H. The Morgan fingerprint density at radius 3 is 2.56 bits per heavy atom. The Morgan fingerprint density at radius 2 is 2.00 bits per heavy atom. The smallest absolute Gasteiger partial charge is 0.385 e. The maximum absolute atomic E-state index is 12.9. The zero-order valence-corrected chi connectivity index (χ0v) is 16.8. The summed E-state index contributed by atoms with van der Waals surface area (Å²) in [4.78, 5) is 4.14. The van der Waals surface area contributed by atoms with Gasteiger partial charge in [-0.15, -0.1) is 24.0 Å². The van der Waals surface area contributed by atoms with Gasteiger partial charge in [0.25, 0.3) is 0 Å². The maximum Gasteiger partial charge on any atom is 0.416 e. The average Bonchev–Trinajstić information content (AvgIpc) is 3.35. The van der Waals surface area contributed by atoms with E-state index in [-0.39, 0.29) is 29.4 Å². The molecule has 1 aliphatic rings. The molecule has 4 nitrogen and oxygen atoms in total. The van der Waals surface area contributed by atoms with E-state index in [4.69, 9.17) is 4.74 Å². The van der Waals surface area contributed by atoms with Gasteiger partial charge < -0.3 is 15.4 Å². The second-order valence-electron chi connectivity index (χ2n) is 6.06. The third-order valence-corrected chi connectivity index (χ3v) is 4.29. The molecule has 0 saturated heterocycles. The number of hydrogen-bond donors (Lipinski definition) is 2. The van der Waals surface area contributed by atoms with Gasteiger partial charge in [0.15, 0.2) is 5.96 Å². The summed E-state index contributed by atoms with van der Waals surface area (Å²) in [6.07, 6.45) is -1.70. The van der Waals surface area contributed by atoms with Crippen LogP contribution < -0.4 is 10.6 Å². The van der Waals surface area contributed by atoms with Crippen LogP contribution in [0, 0.1) is 0 Å². The lowest BCUT2D eigenvalue weighted by atomic mass is 9.94. The predicted octanol–water partition coefficient (Wildman–Crippen LogP) is 3.56. The van der Waals surface area contributed by atoms with Gasteiger partial charge in [-0.1, -0.05) is 18.2 Å². The van der Waals surface area contributed by atoms with Crippen LogP contribution in [0.15, 0.2) is 29.3 Å². The molecule has 142 valence electrons.